The Kier molecular flexibility index (Phi) is 5.70. The summed E-state index contributed by atoms with van der Waals surface area (Å²) in [5, 5.41) is 14.6. The van der Waals surface area contributed by atoms with Gasteiger partial charge < -0.3 is 4.90 Å². The van der Waals surface area contributed by atoms with Gasteiger partial charge in [-0.15, -0.1) is 0 Å². The number of aromatic nitrogens is 3. The topological polar surface area (TPSA) is 74.8 Å². The van der Waals surface area contributed by atoms with Crippen LogP contribution in [0.5, 0.6) is 0 Å². The van der Waals surface area contributed by atoms with Crippen LogP contribution in [-0.2, 0) is 5.54 Å². The van der Waals surface area contributed by atoms with E-state index in [0.717, 1.165) is 28.8 Å². The molecule has 6 heteroatoms. The van der Waals surface area contributed by atoms with Gasteiger partial charge >= 0.3 is 0 Å². The molecule has 2 heterocycles. The average molecular weight is 355 g/mol. The molecule has 2 aromatic heterocycles. The van der Waals surface area contributed by atoms with Gasteiger partial charge in [-0.05, 0) is 46.1 Å². The molecular weight excluding hydrogens is 326 g/mol. The zero-order chi connectivity index (χ0) is 19.6. The number of nitriles is 1. The Labute approximate surface area is 155 Å². The lowest BCUT2D eigenvalue weighted by atomic mass is 10.0. The van der Waals surface area contributed by atoms with Crippen molar-refractivity contribution in [1.82, 2.24) is 19.7 Å². The maximum Gasteiger partial charge on any atom is 0.255 e. The molecule has 6 nitrogen and oxygen atoms in total. The monoisotopic (exact) mass is 355 g/mol. The zero-order valence-electron chi connectivity index (χ0n) is 16.9. The molecule has 1 amide bonds. The Morgan fingerprint density at radius 2 is 2.04 bits per heavy atom. The van der Waals surface area contributed by atoms with Crippen molar-refractivity contribution < 1.29 is 4.79 Å². The van der Waals surface area contributed by atoms with E-state index < -0.39 is 0 Å². The van der Waals surface area contributed by atoms with E-state index in [2.05, 4.69) is 45.8 Å². The van der Waals surface area contributed by atoms with Crippen LogP contribution in [0, 0.1) is 18.3 Å². The summed E-state index contributed by atoms with van der Waals surface area (Å²) in [6, 6.07) is 3.97. The van der Waals surface area contributed by atoms with Crippen LogP contribution in [0.1, 0.15) is 75.6 Å². The lowest BCUT2D eigenvalue weighted by Crippen LogP contribution is -2.32. The molecule has 0 spiro atoms. The molecule has 0 saturated carbocycles. The van der Waals surface area contributed by atoms with Crippen LogP contribution in [0.3, 0.4) is 0 Å². The van der Waals surface area contributed by atoms with Crippen molar-refractivity contribution in [2.45, 2.75) is 66.3 Å². The SMILES string of the molecule is CCCN(CC#N)C(=O)c1cc(C(C)C)nc2c1c(C)nn2C(C)(C)C. The molecule has 0 radical (unpaired) electrons. The predicted molar refractivity (Wildman–Crippen MR) is 103 cm³/mol. The average Bonchev–Trinajstić information content (AvgIpc) is 2.90. The van der Waals surface area contributed by atoms with Crippen LogP contribution < -0.4 is 0 Å². The minimum atomic E-state index is -0.245. The molecule has 2 aromatic rings. The van der Waals surface area contributed by atoms with Crippen LogP contribution >= 0.6 is 0 Å². The molecule has 0 unspecified atom stereocenters. The summed E-state index contributed by atoms with van der Waals surface area (Å²) in [6.07, 6.45) is 0.804. The lowest BCUT2D eigenvalue weighted by Gasteiger charge is -2.22. The molecule has 0 aromatic carbocycles. The van der Waals surface area contributed by atoms with E-state index in [0.29, 0.717) is 12.1 Å². The lowest BCUT2D eigenvalue weighted by molar-refractivity contribution is 0.0778. The van der Waals surface area contributed by atoms with Gasteiger partial charge in [0.05, 0.1) is 28.3 Å². The highest BCUT2D eigenvalue weighted by atomic mass is 16.2. The highest BCUT2D eigenvalue weighted by Gasteiger charge is 2.27. The summed E-state index contributed by atoms with van der Waals surface area (Å²) in [7, 11) is 0. The Morgan fingerprint density at radius 3 is 2.54 bits per heavy atom. The molecule has 0 saturated heterocycles. The first-order valence-electron chi connectivity index (χ1n) is 9.18. The molecule has 26 heavy (non-hydrogen) atoms. The second-order valence-corrected chi connectivity index (χ2v) is 8.00. The van der Waals surface area contributed by atoms with Gasteiger partial charge in [0.15, 0.2) is 5.65 Å². The van der Waals surface area contributed by atoms with Crippen molar-refractivity contribution in [2.24, 2.45) is 0 Å². The fourth-order valence-corrected chi connectivity index (χ4v) is 3.02. The van der Waals surface area contributed by atoms with Gasteiger partial charge in [0.25, 0.3) is 5.91 Å². The standard InChI is InChI=1S/C20H29N5O/c1-8-10-24(11-9-21)19(26)15-12-16(13(2)3)22-18-17(15)14(4)23-25(18)20(5,6)7/h12-13H,8,10-11H2,1-7H3. The van der Waals surface area contributed by atoms with Crippen molar-refractivity contribution in [1.29, 1.82) is 5.26 Å². The van der Waals surface area contributed by atoms with Crippen molar-refractivity contribution >= 4 is 16.9 Å². The van der Waals surface area contributed by atoms with Gasteiger partial charge in [-0.2, -0.15) is 10.4 Å². The maximum absolute atomic E-state index is 13.2. The minimum absolute atomic E-state index is 0.0833. The fraction of sp³-hybridized carbons (Fsp3) is 0.600. The van der Waals surface area contributed by atoms with Crippen molar-refractivity contribution in [3.63, 3.8) is 0 Å². The molecule has 0 aliphatic rings. The van der Waals surface area contributed by atoms with E-state index in [-0.39, 0.29) is 23.9 Å². The number of rotatable bonds is 5. The van der Waals surface area contributed by atoms with Crippen molar-refractivity contribution in [3.8, 4) is 6.07 Å². The summed E-state index contributed by atoms with van der Waals surface area (Å²) in [4.78, 5) is 19.7. The van der Waals surface area contributed by atoms with Crippen LogP contribution in [-0.4, -0.2) is 38.7 Å². The summed E-state index contributed by atoms with van der Waals surface area (Å²) < 4.78 is 1.90. The van der Waals surface area contributed by atoms with Crippen LogP contribution in [0.15, 0.2) is 6.07 Å². The number of carbonyl (C=O) groups is 1. The Balaban J connectivity index is 2.78. The van der Waals surface area contributed by atoms with Gasteiger partial charge in [-0.25, -0.2) is 9.67 Å². The highest BCUT2D eigenvalue weighted by molar-refractivity contribution is 6.06. The van der Waals surface area contributed by atoms with Gasteiger partial charge in [-0.3, -0.25) is 4.79 Å². The summed E-state index contributed by atoms with van der Waals surface area (Å²) in [5.41, 5.74) is 2.73. The second kappa shape index (κ2) is 7.45. The normalized spacial score (nSPS) is 11.8. The molecule has 0 atom stereocenters. The van der Waals surface area contributed by atoms with E-state index in [1.807, 2.05) is 24.6 Å². The van der Waals surface area contributed by atoms with E-state index in [9.17, 15) is 4.79 Å². The minimum Gasteiger partial charge on any atom is -0.325 e. The maximum atomic E-state index is 13.2. The predicted octanol–water partition coefficient (Wildman–Crippen LogP) is 3.99. The molecule has 0 fully saturated rings. The number of nitrogens with zero attached hydrogens (tertiary/aromatic N) is 5. The molecular formula is C20H29N5O. The van der Waals surface area contributed by atoms with E-state index >= 15 is 0 Å². The number of hydrogen-bond acceptors (Lipinski definition) is 4. The fourth-order valence-electron chi connectivity index (χ4n) is 3.02. The first-order valence-corrected chi connectivity index (χ1v) is 9.18. The van der Waals surface area contributed by atoms with Crippen LogP contribution in [0.2, 0.25) is 0 Å². The molecule has 140 valence electrons. The van der Waals surface area contributed by atoms with E-state index in [1.54, 1.807) is 4.90 Å². The third kappa shape index (κ3) is 3.72. The molecule has 2 rings (SSSR count). The molecule has 0 aliphatic carbocycles. The Bertz CT molecular complexity index is 852. The van der Waals surface area contributed by atoms with Crippen LogP contribution in [0.4, 0.5) is 0 Å². The summed E-state index contributed by atoms with van der Waals surface area (Å²) in [6.45, 7) is 14.9. The first kappa shape index (κ1) is 19.9. The van der Waals surface area contributed by atoms with Crippen molar-refractivity contribution in [2.75, 3.05) is 13.1 Å². The number of pyridine rings is 1. The molecule has 0 aliphatic heterocycles. The number of aryl methyl sites for hydroxylation is 1. The van der Waals surface area contributed by atoms with Gasteiger partial charge in [-0.1, -0.05) is 20.8 Å². The molecule has 0 bridgehead atoms. The quantitative estimate of drug-likeness (QED) is 0.760. The second-order valence-electron chi connectivity index (χ2n) is 8.00. The smallest absolute Gasteiger partial charge is 0.255 e. The van der Waals surface area contributed by atoms with Crippen LogP contribution in [0.25, 0.3) is 11.0 Å². The van der Waals surface area contributed by atoms with E-state index in [4.69, 9.17) is 10.2 Å². The zero-order valence-corrected chi connectivity index (χ0v) is 16.9. The van der Waals surface area contributed by atoms with E-state index in [1.165, 1.54) is 0 Å². The largest absolute Gasteiger partial charge is 0.325 e. The third-order valence-corrected chi connectivity index (χ3v) is 4.33. The van der Waals surface area contributed by atoms with Gasteiger partial charge in [0, 0.05) is 12.2 Å². The molecule has 0 N–H and O–H groups in total. The third-order valence-electron chi connectivity index (χ3n) is 4.33. The summed E-state index contributed by atoms with van der Waals surface area (Å²) >= 11 is 0. The summed E-state index contributed by atoms with van der Waals surface area (Å²) in [5.74, 6) is 0.0597. The first-order chi connectivity index (χ1) is 12.1. The van der Waals surface area contributed by atoms with Gasteiger partial charge in [0.1, 0.15) is 6.54 Å². The number of carbonyl (C=O) groups excluding carboxylic acids is 1. The number of hydrogen-bond donors (Lipinski definition) is 0. The number of amides is 1. The number of fused-ring (bicyclic) bond motifs is 1. The Morgan fingerprint density at radius 1 is 1.38 bits per heavy atom. The Hall–Kier alpha value is -2.42. The van der Waals surface area contributed by atoms with Gasteiger partial charge in [0.2, 0.25) is 0 Å². The van der Waals surface area contributed by atoms with Crippen molar-refractivity contribution in [3.05, 3.63) is 23.0 Å². The highest BCUT2D eigenvalue weighted by Crippen LogP contribution is 2.29.